The smallest absolute Gasteiger partial charge is 0.245 e. The van der Waals surface area contributed by atoms with Gasteiger partial charge in [-0.05, 0) is 37.5 Å². The number of nitrogen functional groups attached to an aromatic ring is 1. The Morgan fingerprint density at radius 2 is 1.90 bits per heavy atom. The van der Waals surface area contributed by atoms with E-state index in [0.717, 1.165) is 41.0 Å². The average molecular weight is 409 g/mol. The van der Waals surface area contributed by atoms with Crippen LogP contribution in [0.4, 0.5) is 5.82 Å². The van der Waals surface area contributed by atoms with E-state index in [4.69, 9.17) is 20.4 Å². The van der Waals surface area contributed by atoms with Crippen molar-refractivity contribution in [2.75, 3.05) is 5.73 Å². The van der Waals surface area contributed by atoms with Crippen molar-refractivity contribution in [3.63, 3.8) is 0 Å². The number of allylic oxidation sites excluding steroid dienone is 2. The Bertz CT molecular complexity index is 1200. The topological polar surface area (TPSA) is 86.3 Å². The molecule has 3 aromatic rings. The minimum Gasteiger partial charge on any atom is -0.437 e. The predicted molar refractivity (Wildman–Crippen MR) is 122 cm³/mol. The third kappa shape index (κ3) is 3.84. The first-order valence-electron chi connectivity index (χ1n) is 10.4. The van der Waals surface area contributed by atoms with Gasteiger partial charge in [0.05, 0.1) is 17.9 Å². The molecule has 0 saturated heterocycles. The van der Waals surface area contributed by atoms with Crippen LogP contribution in [-0.2, 0) is 4.74 Å². The summed E-state index contributed by atoms with van der Waals surface area (Å²) >= 11 is 0. The van der Waals surface area contributed by atoms with Crippen molar-refractivity contribution in [3.05, 3.63) is 90.0 Å². The molecule has 0 fully saturated rings. The van der Waals surface area contributed by atoms with Crippen LogP contribution in [-0.4, -0.2) is 26.9 Å². The highest BCUT2D eigenvalue weighted by Crippen LogP contribution is 2.35. The van der Waals surface area contributed by atoms with E-state index in [2.05, 4.69) is 28.2 Å². The molecule has 2 aliphatic rings. The summed E-state index contributed by atoms with van der Waals surface area (Å²) in [4.78, 5) is 18.3. The molecule has 0 spiro atoms. The molecule has 0 bridgehead atoms. The highest BCUT2D eigenvalue weighted by Gasteiger charge is 2.23. The monoisotopic (exact) mass is 409 g/mol. The zero-order valence-electron chi connectivity index (χ0n) is 17.3. The molecule has 0 amide bonds. The first kappa shape index (κ1) is 19.2. The first-order chi connectivity index (χ1) is 15.2. The van der Waals surface area contributed by atoms with Crippen LogP contribution in [0.3, 0.4) is 0 Å². The van der Waals surface area contributed by atoms with Gasteiger partial charge in [0.2, 0.25) is 5.90 Å². The Kier molecular flexibility index (Phi) is 5.04. The maximum Gasteiger partial charge on any atom is 0.245 e. The van der Waals surface area contributed by atoms with Crippen molar-refractivity contribution in [1.82, 2.24) is 15.0 Å². The molecule has 2 N–H and O–H groups in total. The lowest BCUT2D eigenvalue weighted by atomic mass is 9.85. The number of nitrogens with zero attached hydrogens (tertiary/aromatic N) is 4. The van der Waals surface area contributed by atoms with E-state index in [1.165, 1.54) is 0 Å². The Balaban J connectivity index is 1.55. The van der Waals surface area contributed by atoms with Crippen LogP contribution in [0.25, 0.3) is 17.0 Å². The van der Waals surface area contributed by atoms with Crippen LogP contribution < -0.4 is 5.73 Å². The van der Waals surface area contributed by atoms with E-state index in [1.54, 1.807) is 12.4 Å². The summed E-state index contributed by atoms with van der Waals surface area (Å²) < 4.78 is 6.24. The summed E-state index contributed by atoms with van der Waals surface area (Å²) in [5.74, 6) is 1.79. The number of aromatic nitrogens is 3. The van der Waals surface area contributed by atoms with E-state index >= 15 is 0 Å². The minimum atomic E-state index is 0.0395. The molecular weight excluding hydrogens is 386 g/mol. The fraction of sp³-hybridized carbons (Fsp3) is 0.200. The molecule has 154 valence electrons. The molecule has 6 nitrogen and oxygen atoms in total. The van der Waals surface area contributed by atoms with Crippen molar-refractivity contribution >= 4 is 17.5 Å². The van der Waals surface area contributed by atoms with E-state index in [1.807, 2.05) is 49.5 Å². The van der Waals surface area contributed by atoms with Gasteiger partial charge in [0.1, 0.15) is 5.76 Å². The average Bonchev–Trinajstić information content (AvgIpc) is 2.96. The second-order valence-corrected chi connectivity index (χ2v) is 7.78. The minimum absolute atomic E-state index is 0.0395. The Hall–Kier alpha value is -3.80. The summed E-state index contributed by atoms with van der Waals surface area (Å²) in [5.41, 5.74) is 10.5. The molecule has 1 aliphatic carbocycles. The molecule has 3 heterocycles. The zero-order valence-corrected chi connectivity index (χ0v) is 17.3. The standard InChI is InChI=1S/C25H23N5O/c1-16-10-11-22(18-6-3-2-4-7-18)31-25(29-16)23-24(26)28-15-21(30-23)19-12-13-27-14-20(19)17-8-5-9-17/h2-8,11-17H,9-10H2,1H3,(H2,26,28). The SMILES string of the molecule is CC1CC=C(c2ccccc2)OC(c2nc(-c3ccncc3C3C=CC3)cnc2N)=N1. The number of pyridine rings is 1. The Labute approximate surface area is 181 Å². The Morgan fingerprint density at radius 3 is 2.68 bits per heavy atom. The van der Waals surface area contributed by atoms with Crippen LogP contribution in [0.2, 0.25) is 0 Å². The largest absolute Gasteiger partial charge is 0.437 e. The normalized spacial score (nSPS) is 20.2. The van der Waals surface area contributed by atoms with Gasteiger partial charge in [-0.2, -0.15) is 0 Å². The van der Waals surface area contributed by atoms with Crippen molar-refractivity contribution in [2.45, 2.75) is 31.7 Å². The number of hydrogen-bond donors (Lipinski definition) is 1. The number of benzene rings is 1. The van der Waals surface area contributed by atoms with Gasteiger partial charge in [0.25, 0.3) is 0 Å². The second-order valence-electron chi connectivity index (χ2n) is 7.78. The fourth-order valence-corrected chi connectivity index (χ4v) is 3.72. The van der Waals surface area contributed by atoms with E-state index in [-0.39, 0.29) is 6.04 Å². The molecule has 0 radical (unpaired) electrons. The van der Waals surface area contributed by atoms with Crippen molar-refractivity contribution < 1.29 is 4.74 Å². The molecule has 2 aromatic heterocycles. The van der Waals surface area contributed by atoms with Crippen molar-refractivity contribution in [3.8, 4) is 11.3 Å². The number of hydrogen-bond acceptors (Lipinski definition) is 6. The van der Waals surface area contributed by atoms with Gasteiger partial charge in [-0.15, -0.1) is 0 Å². The molecule has 1 aliphatic heterocycles. The lowest BCUT2D eigenvalue weighted by Gasteiger charge is -2.21. The van der Waals surface area contributed by atoms with Crippen LogP contribution in [0.1, 0.15) is 42.5 Å². The molecule has 2 atom stereocenters. The van der Waals surface area contributed by atoms with Crippen LogP contribution >= 0.6 is 0 Å². The lowest BCUT2D eigenvalue weighted by molar-refractivity contribution is 0.505. The predicted octanol–water partition coefficient (Wildman–Crippen LogP) is 4.76. The molecule has 2 unspecified atom stereocenters. The van der Waals surface area contributed by atoms with Gasteiger partial charge >= 0.3 is 0 Å². The first-order valence-corrected chi connectivity index (χ1v) is 10.4. The Morgan fingerprint density at radius 1 is 1.06 bits per heavy atom. The summed E-state index contributed by atoms with van der Waals surface area (Å²) in [6.45, 7) is 2.05. The van der Waals surface area contributed by atoms with Crippen LogP contribution in [0.15, 0.2) is 78.2 Å². The van der Waals surface area contributed by atoms with Gasteiger partial charge < -0.3 is 10.5 Å². The van der Waals surface area contributed by atoms with E-state index in [9.17, 15) is 0 Å². The summed E-state index contributed by atoms with van der Waals surface area (Å²) in [6.07, 6.45) is 13.6. The maximum atomic E-state index is 6.24. The number of nitrogens with two attached hydrogens (primary N) is 1. The lowest BCUT2D eigenvalue weighted by Crippen LogP contribution is -2.15. The third-order valence-corrected chi connectivity index (χ3v) is 5.54. The van der Waals surface area contributed by atoms with Gasteiger partial charge in [-0.3, -0.25) is 4.98 Å². The molecule has 31 heavy (non-hydrogen) atoms. The number of anilines is 1. The molecule has 6 heteroatoms. The van der Waals surface area contributed by atoms with E-state index in [0.29, 0.717) is 23.3 Å². The second kappa shape index (κ2) is 8.14. The van der Waals surface area contributed by atoms with Gasteiger partial charge in [0, 0.05) is 29.4 Å². The van der Waals surface area contributed by atoms with Crippen molar-refractivity contribution in [2.24, 2.45) is 4.99 Å². The van der Waals surface area contributed by atoms with Gasteiger partial charge in [-0.25, -0.2) is 15.0 Å². The van der Waals surface area contributed by atoms with Crippen LogP contribution in [0.5, 0.6) is 0 Å². The number of ether oxygens (including phenoxy) is 1. The molecule has 5 rings (SSSR count). The maximum absolute atomic E-state index is 6.24. The fourth-order valence-electron chi connectivity index (χ4n) is 3.72. The number of rotatable bonds is 4. The zero-order chi connectivity index (χ0) is 21.2. The molecule has 0 saturated carbocycles. The molecular formula is C25H23N5O. The number of aliphatic imine (C=N–C) groups is 1. The molecule has 1 aromatic carbocycles. The summed E-state index contributed by atoms with van der Waals surface area (Å²) in [5, 5.41) is 0. The van der Waals surface area contributed by atoms with Crippen LogP contribution in [0, 0.1) is 0 Å². The summed E-state index contributed by atoms with van der Waals surface area (Å²) in [6, 6.07) is 12.0. The van der Waals surface area contributed by atoms with Gasteiger partial charge in [-0.1, -0.05) is 42.5 Å². The van der Waals surface area contributed by atoms with E-state index < -0.39 is 0 Å². The third-order valence-electron chi connectivity index (χ3n) is 5.54. The van der Waals surface area contributed by atoms with Crippen molar-refractivity contribution in [1.29, 1.82) is 0 Å². The quantitative estimate of drug-likeness (QED) is 0.628. The summed E-state index contributed by atoms with van der Waals surface area (Å²) in [7, 11) is 0. The highest BCUT2D eigenvalue weighted by molar-refractivity contribution is 6.00. The highest BCUT2D eigenvalue weighted by atomic mass is 16.5. The van der Waals surface area contributed by atoms with Gasteiger partial charge in [0.15, 0.2) is 11.5 Å².